The van der Waals surface area contributed by atoms with Crippen LogP contribution >= 0.6 is 15.9 Å². The summed E-state index contributed by atoms with van der Waals surface area (Å²) < 4.78 is 6.52. The van der Waals surface area contributed by atoms with Crippen molar-refractivity contribution in [2.24, 2.45) is 0 Å². The molecule has 0 unspecified atom stereocenters. The van der Waals surface area contributed by atoms with Crippen molar-refractivity contribution in [2.45, 2.75) is 6.92 Å². The predicted octanol–water partition coefficient (Wildman–Crippen LogP) is 2.92. The van der Waals surface area contributed by atoms with E-state index in [9.17, 15) is 9.59 Å². The zero-order valence-electron chi connectivity index (χ0n) is 15.9. The van der Waals surface area contributed by atoms with Gasteiger partial charge in [-0.05, 0) is 43.3 Å². The molecule has 0 aliphatic carbocycles. The van der Waals surface area contributed by atoms with Crippen LogP contribution in [0.5, 0.6) is 5.75 Å². The van der Waals surface area contributed by atoms with E-state index in [0.29, 0.717) is 38.5 Å². The molecule has 148 valence electrons. The molecule has 0 atom stereocenters. The summed E-state index contributed by atoms with van der Waals surface area (Å²) >= 11 is 3.37. The first-order chi connectivity index (χ1) is 13.5. The van der Waals surface area contributed by atoms with E-state index >= 15 is 0 Å². The van der Waals surface area contributed by atoms with Crippen LogP contribution in [0.3, 0.4) is 0 Å². The Kier molecular flexibility index (Phi) is 7.06. The highest BCUT2D eigenvalue weighted by Crippen LogP contribution is 2.16. The molecule has 1 saturated heterocycles. The van der Waals surface area contributed by atoms with Crippen molar-refractivity contribution in [2.75, 3.05) is 44.6 Å². The minimum absolute atomic E-state index is 0.0234. The van der Waals surface area contributed by atoms with Crippen LogP contribution < -0.4 is 10.1 Å². The first-order valence-electron chi connectivity index (χ1n) is 9.24. The Hall–Kier alpha value is -2.38. The van der Waals surface area contributed by atoms with Crippen molar-refractivity contribution in [1.29, 1.82) is 0 Å². The predicted molar refractivity (Wildman–Crippen MR) is 112 cm³/mol. The Bertz CT molecular complexity index is 801. The van der Waals surface area contributed by atoms with Gasteiger partial charge in [-0.3, -0.25) is 14.5 Å². The lowest BCUT2D eigenvalue weighted by Crippen LogP contribution is -2.51. The van der Waals surface area contributed by atoms with Crippen LogP contribution in [-0.4, -0.2) is 60.9 Å². The third kappa shape index (κ3) is 6.07. The molecule has 28 heavy (non-hydrogen) atoms. The maximum absolute atomic E-state index is 12.3. The number of hydrogen-bond donors (Lipinski definition) is 1. The molecule has 1 fully saturated rings. The van der Waals surface area contributed by atoms with Crippen molar-refractivity contribution in [3.63, 3.8) is 0 Å². The molecule has 0 saturated carbocycles. The molecule has 0 spiro atoms. The number of hydrogen-bond acceptors (Lipinski definition) is 4. The van der Waals surface area contributed by atoms with E-state index < -0.39 is 0 Å². The molecular formula is C21H24BrN3O3. The molecule has 1 heterocycles. The van der Waals surface area contributed by atoms with Gasteiger partial charge in [-0.2, -0.15) is 0 Å². The molecule has 7 heteroatoms. The van der Waals surface area contributed by atoms with Gasteiger partial charge in [0.05, 0.1) is 6.54 Å². The highest BCUT2D eigenvalue weighted by atomic mass is 79.9. The van der Waals surface area contributed by atoms with Gasteiger partial charge < -0.3 is 15.0 Å². The summed E-state index contributed by atoms with van der Waals surface area (Å²) in [6.45, 7) is 4.90. The van der Waals surface area contributed by atoms with Crippen LogP contribution in [0, 0.1) is 6.92 Å². The minimum Gasteiger partial charge on any atom is -0.484 e. The quantitative estimate of drug-likeness (QED) is 0.742. The number of ether oxygens (including phenoxy) is 1. The molecule has 1 aliphatic heterocycles. The van der Waals surface area contributed by atoms with Crippen LogP contribution in [-0.2, 0) is 9.59 Å². The summed E-state index contributed by atoms with van der Waals surface area (Å²) in [5, 5.41) is 2.91. The smallest absolute Gasteiger partial charge is 0.260 e. The van der Waals surface area contributed by atoms with Gasteiger partial charge in [0, 0.05) is 36.3 Å². The van der Waals surface area contributed by atoms with E-state index in [1.54, 1.807) is 4.90 Å². The maximum Gasteiger partial charge on any atom is 0.260 e. The molecule has 1 N–H and O–H groups in total. The molecule has 6 nitrogen and oxygen atoms in total. The average Bonchev–Trinajstić information content (AvgIpc) is 2.69. The number of nitrogens with one attached hydrogen (secondary N) is 1. The van der Waals surface area contributed by atoms with E-state index in [-0.39, 0.29) is 18.4 Å². The Balaban J connectivity index is 1.38. The second kappa shape index (κ2) is 9.71. The van der Waals surface area contributed by atoms with Gasteiger partial charge in [-0.25, -0.2) is 0 Å². The van der Waals surface area contributed by atoms with Crippen molar-refractivity contribution in [1.82, 2.24) is 9.80 Å². The van der Waals surface area contributed by atoms with E-state index in [4.69, 9.17) is 4.74 Å². The fraction of sp³-hybridized carbons (Fsp3) is 0.333. The molecule has 0 aromatic heterocycles. The highest BCUT2D eigenvalue weighted by molar-refractivity contribution is 9.10. The van der Waals surface area contributed by atoms with Crippen LogP contribution in [0.1, 0.15) is 5.56 Å². The normalized spacial score (nSPS) is 14.6. The molecule has 2 aromatic rings. The lowest BCUT2D eigenvalue weighted by atomic mass is 10.2. The summed E-state index contributed by atoms with van der Waals surface area (Å²) in [6.07, 6.45) is 0. The Morgan fingerprint density at radius 2 is 1.64 bits per heavy atom. The molecule has 2 aromatic carbocycles. The van der Waals surface area contributed by atoms with Crippen LogP contribution in [0.25, 0.3) is 0 Å². The second-order valence-electron chi connectivity index (χ2n) is 6.81. The number of halogens is 1. The third-order valence-corrected chi connectivity index (χ3v) is 5.13. The molecule has 3 rings (SSSR count). The zero-order valence-corrected chi connectivity index (χ0v) is 17.4. The van der Waals surface area contributed by atoms with Crippen molar-refractivity contribution in [3.8, 4) is 5.75 Å². The van der Waals surface area contributed by atoms with Crippen LogP contribution in [0.15, 0.2) is 53.0 Å². The first-order valence-corrected chi connectivity index (χ1v) is 10.0. The Morgan fingerprint density at radius 3 is 2.29 bits per heavy atom. The number of carbonyl (C=O) groups excluding carboxylic acids is 2. The monoisotopic (exact) mass is 445 g/mol. The summed E-state index contributed by atoms with van der Waals surface area (Å²) in [6, 6.07) is 15.1. The largest absolute Gasteiger partial charge is 0.484 e. The fourth-order valence-electron chi connectivity index (χ4n) is 2.96. The number of nitrogens with zero attached hydrogens (tertiary/aromatic N) is 2. The van der Waals surface area contributed by atoms with E-state index in [1.165, 1.54) is 0 Å². The number of amides is 2. The van der Waals surface area contributed by atoms with Gasteiger partial charge in [0.1, 0.15) is 5.75 Å². The number of aryl methyl sites for hydroxylation is 1. The standard InChI is InChI=1S/C21H24BrN3O3/c1-16-2-6-18(7-3-16)23-20(26)14-24-10-12-25(13-11-24)21(27)15-28-19-8-4-17(22)5-9-19/h2-9H,10-15H2,1H3,(H,23,26). The summed E-state index contributed by atoms with van der Waals surface area (Å²) in [4.78, 5) is 28.4. The third-order valence-electron chi connectivity index (χ3n) is 4.60. The maximum atomic E-state index is 12.3. The first kappa shape index (κ1) is 20.4. The summed E-state index contributed by atoms with van der Waals surface area (Å²) in [7, 11) is 0. The van der Waals surface area contributed by atoms with Crippen LogP contribution in [0.4, 0.5) is 5.69 Å². The van der Waals surface area contributed by atoms with Gasteiger partial charge in [0.2, 0.25) is 5.91 Å². The van der Waals surface area contributed by atoms with Gasteiger partial charge in [0.25, 0.3) is 5.91 Å². The highest BCUT2D eigenvalue weighted by Gasteiger charge is 2.22. The van der Waals surface area contributed by atoms with Crippen molar-refractivity contribution < 1.29 is 14.3 Å². The average molecular weight is 446 g/mol. The zero-order chi connectivity index (χ0) is 19.9. The number of rotatable bonds is 6. The molecule has 1 aliphatic rings. The van der Waals surface area contributed by atoms with Gasteiger partial charge in [-0.1, -0.05) is 33.6 Å². The number of benzene rings is 2. The summed E-state index contributed by atoms with van der Waals surface area (Å²) in [5.74, 6) is 0.594. The Labute approximate surface area is 173 Å². The second-order valence-corrected chi connectivity index (χ2v) is 7.73. The number of piperazine rings is 1. The fourth-order valence-corrected chi connectivity index (χ4v) is 3.23. The molecular weight excluding hydrogens is 422 g/mol. The lowest BCUT2D eigenvalue weighted by Gasteiger charge is -2.34. The van der Waals surface area contributed by atoms with Gasteiger partial charge >= 0.3 is 0 Å². The number of anilines is 1. The van der Waals surface area contributed by atoms with Crippen LogP contribution in [0.2, 0.25) is 0 Å². The van der Waals surface area contributed by atoms with Gasteiger partial charge in [-0.15, -0.1) is 0 Å². The molecule has 0 bridgehead atoms. The van der Waals surface area contributed by atoms with E-state index in [0.717, 1.165) is 15.7 Å². The van der Waals surface area contributed by atoms with Gasteiger partial charge in [0.15, 0.2) is 6.61 Å². The SMILES string of the molecule is Cc1ccc(NC(=O)CN2CCN(C(=O)COc3ccc(Br)cc3)CC2)cc1. The van der Waals surface area contributed by atoms with Crippen molar-refractivity contribution >= 4 is 33.4 Å². The lowest BCUT2D eigenvalue weighted by molar-refractivity contribution is -0.135. The Morgan fingerprint density at radius 1 is 1.00 bits per heavy atom. The van der Waals surface area contributed by atoms with Crippen molar-refractivity contribution in [3.05, 3.63) is 58.6 Å². The molecule has 0 radical (unpaired) electrons. The number of carbonyl (C=O) groups is 2. The minimum atomic E-state index is -0.0396. The molecule has 2 amide bonds. The topological polar surface area (TPSA) is 61.9 Å². The van der Waals surface area contributed by atoms with E-state index in [1.807, 2.05) is 55.5 Å². The summed E-state index contributed by atoms with van der Waals surface area (Å²) in [5.41, 5.74) is 1.96. The van der Waals surface area contributed by atoms with E-state index in [2.05, 4.69) is 26.1 Å².